The van der Waals surface area contributed by atoms with Gasteiger partial charge in [-0.25, -0.2) is 4.39 Å². The highest BCUT2D eigenvalue weighted by atomic mass is 19.4. The van der Waals surface area contributed by atoms with Gasteiger partial charge in [0.1, 0.15) is 5.82 Å². The third-order valence-electron chi connectivity index (χ3n) is 1.92. The Labute approximate surface area is 83.3 Å². The van der Waals surface area contributed by atoms with Crippen LogP contribution in [0.2, 0.25) is 0 Å². The van der Waals surface area contributed by atoms with Gasteiger partial charge in [-0.3, -0.25) is 0 Å². The number of hydrogen-bond acceptors (Lipinski definition) is 2. The Balaban J connectivity index is 3.17. The maximum Gasteiger partial charge on any atom is 0.416 e. The van der Waals surface area contributed by atoms with Crippen LogP contribution < -0.4 is 5.73 Å². The second-order valence-corrected chi connectivity index (χ2v) is 3.02. The van der Waals surface area contributed by atoms with E-state index in [2.05, 4.69) is 0 Å². The molecular weight excluding hydrogens is 214 g/mol. The van der Waals surface area contributed by atoms with Crippen LogP contribution in [0.15, 0.2) is 18.2 Å². The zero-order valence-corrected chi connectivity index (χ0v) is 7.55. The fourth-order valence-corrected chi connectivity index (χ4v) is 1.10. The Morgan fingerprint density at radius 3 is 2.40 bits per heavy atom. The van der Waals surface area contributed by atoms with Crippen molar-refractivity contribution >= 4 is 0 Å². The molecule has 0 aliphatic heterocycles. The fraction of sp³-hybridized carbons (Fsp3) is 0.333. The van der Waals surface area contributed by atoms with Crippen LogP contribution >= 0.6 is 0 Å². The molecule has 1 aromatic rings. The number of aliphatic hydroxyl groups is 1. The topological polar surface area (TPSA) is 46.2 Å². The van der Waals surface area contributed by atoms with E-state index in [1.165, 1.54) is 0 Å². The number of rotatable bonds is 2. The van der Waals surface area contributed by atoms with Crippen molar-refractivity contribution in [1.82, 2.24) is 0 Å². The first-order chi connectivity index (χ1) is 6.86. The molecule has 0 spiro atoms. The Morgan fingerprint density at radius 1 is 1.33 bits per heavy atom. The minimum absolute atomic E-state index is 0.340. The maximum atomic E-state index is 13.0. The SMILES string of the molecule is NC(CO)c1cc(C(F)(F)F)ccc1F. The van der Waals surface area contributed by atoms with Gasteiger partial charge in [-0.15, -0.1) is 0 Å². The quantitative estimate of drug-likeness (QED) is 0.751. The molecule has 3 N–H and O–H groups in total. The summed E-state index contributed by atoms with van der Waals surface area (Å²) in [5.74, 6) is -0.857. The molecule has 0 fully saturated rings. The molecule has 1 aromatic carbocycles. The van der Waals surface area contributed by atoms with Gasteiger partial charge in [0.25, 0.3) is 0 Å². The maximum absolute atomic E-state index is 13.0. The average molecular weight is 223 g/mol. The predicted molar refractivity (Wildman–Crippen MR) is 45.4 cm³/mol. The molecule has 0 radical (unpaired) electrons. The van der Waals surface area contributed by atoms with Crippen LogP contribution in [-0.2, 0) is 6.18 Å². The lowest BCUT2D eigenvalue weighted by atomic mass is 10.0. The molecule has 15 heavy (non-hydrogen) atoms. The third-order valence-corrected chi connectivity index (χ3v) is 1.92. The summed E-state index contributed by atoms with van der Waals surface area (Å²) in [5, 5.41) is 8.63. The summed E-state index contributed by atoms with van der Waals surface area (Å²) in [5.41, 5.74) is 3.93. The summed E-state index contributed by atoms with van der Waals surface area (Å²) >= 11 is 0. The van der Waals surface area contributed by atoms with E-state index in [1.807, 2.05) is 0 Å². The van der Waals surface area contributed by atoms with Crippen LogP contribution in [0.25, 0.3) is 0 Å². The zero-order chi connectivity index (χ0) is 11.6. The normalized spacial score (nSPS) is 14.0. The predicted octanol–water partition coefficient (Wildman–Crippen LogP) is 1.84. The lowest BCUT2D eigenvalue weighted by Gasteiger charge is -2.13. The van der Waals surface area contributed by atoms with Crippen molar-refractivity contribution in [3.8, 4) is 0 Å². The van der Waals surface area contributed by atoms with E-state index in [0.717, 1.165) is 0 Å². The van der Waals surface area contributed by atoms with E-state index in [9.17, 15) is 17.6 Å². The largest absolute Gasteiger partial charge is 0.416 e. The average Bonchev–Trinajstić information content (AvgIpc) is 2.15. The summed E-state index contributed by atoms with van der Waals surface area (Å²) in [6.45, 7) is -0.613. The monoisotopic (exact) mass is 223 g/mol. The van der Waals surface area contributed by atoms with Gasteiger partial charge in [0.15, 0.2) is 0 Å². The van der Waals surface area contributed by atoms with E-state index in [-0.39, 0.29) is 5.56 Å². The van der Waals surface area contributed by atoms with Gasteiger partial charge >= 0.3 is 6.18 Å². The molecule has 2 nitrogen and oxygen atoms in total. The smallest absolute Gasteiger partial charge is 0.394 e. The van der Waals surface area contributed by atoms with Gasteiger partial charge in [0, 0.05) is 5.56 Å². The molecule has 84 valence electrons. The van der Waals surface area contributed by atoms with E-state index in [4.69, 9.17) is 10.8 Å². The third kappa shape index (κ3) is 2.66. The van der Waals surface area contributed by atoms with Crippen LogP contribution in [0, 0.1) is 5.82 Å². The van der Waals surface area contributed by atoms with Crippen LogP contribution in [0.4, 0.5) is 17.6 Å². The second kappa shape index (κ2) is 4.16. The summed E-state index contributed by atoms with van der Waals surface area (Å²) in [6.07, 6.45) is -4.54. The van der Waals surface area contributed by atoms with Crippen LogP contribution in [0.1, 0.15) is 17.2 Å². The molecule has 6 heteroatoms. The molecule has 1 atom stereocenters. The molecule has 1 unspecified atom stereocenters. The molecule has 0 aliphatic carbocycles. The molecule has 0 aromatic heterocycles. The highest BCUT2D eigenvalue weighted by Gasteiger charge is 2.31. The lowest BCUT2D eigenvalue weighted by Crippen LogP contribution is -2.17. The van der Waals surface area contributed by atoms with E-state index >= 15 is 0 Å². The fourth-order valence-electron chi connectivity index (χ4n) is 1.10. The second-order valence-electron chi connectivity index (χ2n) is 3.02. The highest BCUT2D eigenvalue weighted by Crippen LogP contribution is 2.31. The van der Waals surface area contributed by atoms with Crippen molar-refractivity contribution < 1.29 is 22.7 Å². The Morgan fingerprint density at radius 2 is 1.93 bits per heavy atom. The van der Waals surface area contributed by atoms with E-state index in [1.54, 1.807) is 0 Å². The lowest BCUT2D eigenvalue weighted by molar-refractivity contribution is -0.137. The molecular formula is C9H9F4NO. The Hall–Kier alpha value is -1.14. The number of halogens is 4. The molecule has 1 rings (SSSR count). The van der Waals surface area contributed by atoms with Crippen molar-refractivity contribution in [1.29, 1.82) is 0 Å². The highest BCUT2D eigenvalue weighted by molar-refractivity contribution is 5.29. The van der Waals surface area contributed by atoms with Gasteiger partial charge < -0.3 is 10.8 Å². The zero-order valence-electron chi connectivity index (χ0n) is 7.55. The van der Waals surface area contributed by atoms with Gasteiger partial charge in [-0.2, -0.15) is 13.2 Å². The van der Waals surface area contributed by atoms with Crippen molar-refractivity contribution in [2.45, 2.75) is 12.2 Å². The van der Waals surface area contributed by atoms with Crippen molar-refractivity contribution in [3.63, 3.8) is 0 Å². The minimum atomic E-state index is -4.54. The Bertz CT molecular complexity index is 350. The van der Waals surface area contributed by atoms with E-state index in [0.29, 0.717) is 18.2 Å². The van der Waals surface area contributed by atoms with Gasteiger partial charge in [-0.05, 0) is 18.2 Å². The number of alkyl halides is 3. The number of benzene rings is 1. The van der Waals surface area contributed by atoms with Gasteiger partial charge in [0.05, 0.1) is 18.2 Å². The van der Waals surface area contributed by atoms with Crippen LogP contribution in [-0.4, -0.2) is 11.7 Å². The van der Waals surface area contributed by atoms with Crippen molar-refractivity contribution in [3.05, 3.63) is 35.1 Å². The summed E-state index contributed by atoms with van der Waals surface area (Å²) in [7, 11) is 0. The van der Waals surface area contributed by atoms with Crippen molar-refractivity contribution in [2.24, 2.45) is 5.73 Å². The molecule has 0 bridgehead atoms. The first kappa shape index (κ1) is 11.9. The standard InChI is InChI=1S/C9H9F4NO/c10-7-2-1-5(9(11,12)13)3-6(7)8(14)4-15/h1-3,8,15H,4,14H2. The molecule has 0 saturated heterocycles. The molecule has 0 saturated carbocycles. The van der Waals surface area contributed by atoms with Gasteiger partial charge in [-0.1, -0.05) is 0 Å². The summed E-state index contributed by atoms with van der Waals surface area (Å²) < 4.78 is 49.8. The van der Waals surface area contributed by atoms with Crippen LogP contribution in [0.3, 0.4) is 0 Å². The number of hydrogen-bond donors (Lipinski definition) is 2. The first-order valence-electron chi connectivity index (χ1n) is 4.09. The molecule has 0 amide bonds. The van der Waals surface area contributed by atoms with Crippen molar-refractivity contribution in [2.75, 3.05) is 6.61 Å². The summed E-state index contributed by atoms with van der Waals surface area (Å²) in [6, 6.07) is 0.777. The number of aliphatic hydroxyl groups excluding tert-OH is 1. The van der Waals surface area contributed by atoms with Crippen LogP contribution in [0.5, 0.6) is 0 Å². The van der Waals surface area contributed by atoms with Gasteiger partial charge in [0.2, 0.25) is 0 Å². The first-order valence-corrected chi connectivity index (χ1v) is 4.09. The van der Waals surface area contributed by atoms with E-state index < -0.39 is 30.2 Å². The Kier molecular flexibility index (Phi) is 3.31. The summed E-state index contributed by atoms with van der Waals surface area (Å²) in [4.78, 5) is 0. The molecule has 0 aliphatic rings. The minimum Gasteiger partial charge on any atom is -0.394 e. The number of nitrogens with two attached hydrogens (primary N) is 1. The molecule has 0 heterocycles.